The van der Waals surface area contributed by atoms with Crippen molar-refractivity contribution in [2.45, 2.75) is 237 Å². The van der Waals surface area contributed by atoms with Crippen molar-refractivity contribution in [3.63, 3.8) is 0 Å². The molecule has 1 aliphatic rings. The maximum absolute atomic E-state index is 12.7. The van der Waals surface area contributed by atoms with Gasteiger partial charge >= 0.3 is 11.9 Å². The van der Waals surface area contributed by atoms with E-state index in [0.29, 0.717) is 6.42 Å². The largest absolute Gasteiger partial charge is 0.462 e. The molecule has 0 aromatic carbocycles. The van der Waals surface area contributed by atoms with Gasteiger partial charge in [-0.05, 0) is 38.5 Å². The Morgan fingerprint density at radius 1 is 0.533 bits per heavy atom. The molecule has 6 unspecified atom stereocenters. The minimum absolute atomic E-state index is 0.109. The summed E-state index contributed by atoms with van der Waals surface area (Å²) in [5.41, 5.74) is 0. The van der Waals surface area contributed by atoms with Crippen molar-refractivity contribution in [3.05, 3.63) is 48.6 Å². The van der Waals surface area contributed by atoms with Gasteiger partial charge in [0.05, 0.1) is 13.2 Å². The first-order chi connectivity index (χ1) is 29.3. The number of unbranched alkanes of at least 4 members (excludes halogenated alkanes) is 21. The molecule has 4 N–H and O–H groups in total. The van der Waals surface area contributed by atoms with Crippen LogP contribution in [0.4, 0.5) is 0 Å². The Morgan fingerprint density at radius 2 is 0.983 bits per heavy atom. The van der Waals surface area contributed by atoms with Crippen LogP contribution in [0, 0.1) is 0 Å². The zero-order chi connectivity index (χ0) is 43.7. The first-order valence-corrected chi connectivity index (χ1v) is 24.2. The van der Waals surface area contributed by atoms with Crippen molar-refractivity contribution in [3.8, 4) is 0 Å². The average Bonchev–Trinajstić information content (AvgIpc) is 3.25. The molecule has 0 aromatic heterocycles. The van der Waals surface area contributed by atoms with Crippen LogP contribution in [0.2, 0.25) is 0 Å². The van der Waals surface area contributed by atoms with E-state index in [4.69, 9.17) is 18.9 Å². The molecule has 0 amide bonds. The Bertz CT molecular complexity index is 1120. The average molecular weight is 849 g/mol. The van der Waals surface area contributed by atoms with E-state index in [9.17, 15) is 30.0 Å². The molecule has 348 valence electrons. The number of carbonyl (C=O) groups is 2. The normalized spacial score (nSPS) is 20.3. The number of carbonyl (C=O) groups excluding carboxylic acids is 2. The number of aliphatic hydroxyl groups is 4. The molecular formula is C50H88O10. The maximum atomic E-state index is 12.7. The Morgan fingerprint density at radius 3 is 1.45 bits per heavy atom. The lowest BCUT2D eigenvalue weighted by molar-refractivity contribution is -0.305. The molecule has 0 radical (unpaired) electrons. The monoisotopic (exact) mass is 849 g/mol. The minimum Gasteiger partial charge on any atom is -0.462 e. The Labute approximate surface area is 365 Å². The Kier molecular flexibility index (Phi) is 37.8. The SMILES string of the molecule is CC/C=C\C/C=C\C/C=C\C/C=C\CCC(=O)OC(COC(=O)CCCCCCCCCCCCCCCCCCCCCCCC)COC1OC(CO)C(O)C(O)C1O. The zero-order valence-corrected chi connectivity index (χ0v) is 37.9. The molecule has 1 saturated heterocycles. The number of hydrogen-bond acceptors (Lipinski definition) is 10. The molecule has 10 nitrogen and oxygen atoms in total. The first-order valence-electron chi connectivity index (χ1n) is 24.2. The van der Waals surface area contributed by atoms with Crippen molar-refractivity contribution in [1.82, 2.24) is 0 Å². The van der Waals surface area contributed by atoms with Crippen LogP contribution in [0.15, 0.2) is 48.6 Å². The number of rotatable bonds is 40. The van der Waals surface area contributed by atoms with Crippen LogP contribution >= 0.6 is 0 Å². The van der Waals surface area contributed by atoms with Crippen LogP contribution in [0.1, 0.15) is 200 Å². The van der Waals surface area contributed by atoms with Gasteiger partial charge in [0.25, 0.3) is 0 Å². The van der Waals surface area contributed by atoms with Gasteiger partial charge in [-0.15, -0.1) is 0 Å². The predicted octanol–water partition coefficient (Wildman–Crippen LogP) is 10.8. The van der Waals surface area contributed by atoms with Crippen molar-refractivity contribution in [2.75, 3.05) is 19.8 Å². The lowest BCUT2D eigenvalue weighted by Gasteiger charge is -2.39. The predicted molar refractivity (Wildman–Crippen MR) is 242 cm³/mol. The van der Waals surface area contributed by atoms with Gasteiger partial charge in [0.1, 0.15) is 31.0 Å². The van der Waals surface area contributed by atoms with E-state index in [1.165, 1.54) is 122 Å². The standard InChI is InChI=1S/C50H88O10/c1-3-5-7-9-11-13-15-17-18-19-20-21-22-23-24-25-27-28-30-32-34-36-38-45(52)57-41-43(42-58-50-49(56)48(55)47(54)44(40-51)60-50)59-46(53)39-37-35-33-31-29-26-16-14-12-10-8-6-4-2/h6,8,12,14,26,29,33,35,43-44,47-51,54-56H,3-5,7,9-11,13,15-25,27-28,30-32,34,36-42H2,1-2H3/b8-6-,14-12-,29-26-,35-33-. The molecule has 0 spiro atoms. The topological polar surface area (TPSA) is 152 Å². The van der Waals surface area contributed by atoms with E-state index in [-0.39, 0.29) is 26.1 Å². The molecule has 1 aliphatic heterocycles. The second-order valence-corrected chi connectivity index (χ2v) is 16.5. The van der Waals surface area contributed by atoms with E-state index in [0.717, 1.165) is 44.9 Å². The number of allylic oxidation sites excluding steroid dienone is 8. The van der Waals surface area contributed by atoms with E-state index in [2.05, 4.69) is 50.3 Å². The summed E-state index contributed by atoms with van der Waals surface area (Å²) in [4.78, 5) is 25.3. The third-order valence-electron chi connectivity index (χ3n) is 11.0. The summed E-state index contributed by atoms with van der Waals surface area (Å²) in [7, 11) is 0. The molecule has 6 atom stereocenters. The smallest absolute Gasteiger partial charge is 0.306 e. The molecule has 10 heteroatoms. The summed E-state index contributed by atoms with van der Waals surface area (Å²) in [6, 6.07) is 0. The van der Waals surface area contributed by atoms with Gasteiger partial charge < -0.3 is 39.4 Å². The summed E-state index contributed by atoms with van der Waals surface area (Å²) in [6.45, 7) is 3.25. The summed E-state index contributed by atoms with van der Waals surface area (Å²) in [6.07, 6.45) is 41.5. The quantitative estimate of drug-likeness (QED) is 0.0266. The zero-order valence-electron chi connectivity index (χ0n) is 37.9. The van der Waals surface area contributed by atoms with E-state index in [1.54, 1.807) is 0 Å². The van der Waals surface area contributed by atoms with Crippen molar-refractivity contribution >= 4 is 11.9 Å². The highest BCUT2D eigenvalue weighted by molar-refractivity contribution is 5.70. The molecular weight excluding hydrogens is 761 g/mol. The third-order valence-corrected chi connectivity index (χ3v) is 11.0. The highest BCUT2D eigenvalue weighted by atomic mass is 16.7. The fourth-order valence-corrected chi connectivity index (χ4v) is 7.20. The molecule has 0 bridgehead atoms. The van der Waals surface area contributed by atoms with Gasteiger partial charge in [-0.2, -0.15) is 0 Å². The van der Waals surface area contributed by atoms with Gasteiger partial charge in [0.2, 0.25) is 0 Å². The highest BCUT2D eigenvalue weighted by Crippen LogP contribution is 2.23. The maximum Gasteiger partial charge on any atom is 0.306 e. The van der Waals surface area contributed by atoms with Crippen LogP contribution in [0.3, 0.4) is 0 Å². The lowest BCUT2D eigenvalue weighted by Crippen LogP contribution is -2.59. The fourth-order valence-electron chi connectivity index (χ4n) is 7.20. The third kappa shape index (κ3) is 31.5. The van der Waals surface area contributed by atoms with Crippen molar-refractivity contribution in [2.24, 2.45) is 0 Å². The van der Waals surface area contributed by atoms with Gasteiger partial charge in [-0.1, -0.05) is 197 Å². The highest BCUT2D eigenvalue weighted by Gasteiger charge is 2.44. The Hall–Kier alpha value is -2.34. The second-order valence-electron chi connectivity index (χ2n) is 16.5. The molecule has 0 aromatic rings. The minimum atomic E-state index is -1.61. The number of aliphatic hydroxyl groups excluding tert-OH is 4. The molecule has 1 rings (SSSR count). The summed E-state index contributed by atoms with van der Waals surface area (Å²) in [5, 5.41) is 40.1. The summed E-state index contributed by atoms with van der Waals surface area (Å²) < 4.78 is 22.1. The fraction of sp³-hybridized carbons (Fsp3) is 0.800. The molecule has 1 heterocycles. The van der Waals surface area contributed by atoms with E-state index < -0.39 is 55.4 Å². The van der Waals surface area contributed by atoms with Crippen molar-refractivity contribution in [1.29, 1.82) is 0 Å². The van der Waals surface area contributed by atoms with Crippen LogP contribution in [0.25, 0.3) is 0 Å². The van der Waals surface area contributed by atoms with Gasteiger partial charge in [0.15, 0.2) is 12.4 Å². The first kappa shape index (κ1) is 55.7. The van der Waals surface area contributed by atoms with Gasteiger partial charge in [-0.3, -0.25) is 9.59 Å². The Balaban J connectivity index is 2.27. The van der Waals surface area contributed by atoms with Crippen molar-refractivity contribution < 1.29 is 49.0 Å². The number of hydrogen-bond donors (Lipinski definition) is 4. The summed E-state index contributed by atoms with van der Waals surface area (Å²) in [5.74, 6) is -0.896. The van der Waals surface area contributed by atoms with Crippen LogP contribution < -0.4 is 0 Å². The van der Waals surface area contributed by atoms with Gasteiger partial charge in [-0.25, -0.2) is 0 Å². The molecule has 0 saturated carbocycles. The van der Waals surface area contributed by atoms with E-state index >= 15 is 0 Å². The lowest BCUT2D eigenvalue weighted by atomic mass is 9.99. The second kappa shape index (κ2) is 40.7. The van der Waals surface area contributed by atoms with E-state index in [1.807, 2.05) is 12.2 Å². The number of esters is 2. The van der Waals surface area contributed by atoms with Gasteiger partial charge in [0, 0.05) is 12.8 Å². The summed E-state index contributed by atoms with van der Waals surface area (Å²) >= 11 is 0. The molecule has 60 heavy (non-hydrogen) atoms. The molecule has 0 aliphatic carbocycles. The molecule has 1 fully saturated rings. The number of ether oxygens (including phenoxy) is 4. The van der Waals surface area contributed by atoms with Crippen LogP contribution in [-0.2, 0) is 28.5 Å². The van der Waals surface area contributed by atoms with Crippen LogP contribution in [-0.4, -0.2) is 89.0 Å². The van der Waals surface area contributed by atoms with Crippen LogP contribution in [0.5, 0.6) is 0 Å².